The number of para-hydroxylation sites is 1. The van der Waals surface area contributed by atoms with Crippen LogP contribution in [0.1, 0.15) is 29.0 Å². The Balaban J connectivity index is 1.53. The minimum absolute atomic E-state index is 0.0589. The Hall–Kier alpha value is -2.17. The molecule has 1 heterocycles. The van der Waals surface area contributed by atoms with Crippen molar-refractivity contribution in [2.24, 2.45) is 0 Å². The number of amides is 1. The number of nitrogens with one attached hydrogen (secondary N) is 2. The molecule has 3 aromatic carbocycles. The van der Waals surface area contributed by atoms with Crippen LogP contribution in [0.15, 0.2) is 66.9 Å². The number of benzene rings is 3. The van der Waals surface area contributed by atoms with Gasteiger partial charge in [-0.25, -0.2) is 0 Å². The number of hydrogen-bond donors (Lipinski definition) is 2. The van der Waals surface area contributed by atoms with Crippen LogP contribution in [0.2, 0.25) is 20.1 Å². The maximum atomic E-state index is 12.9. The third-order valence-electron chi connectivity index (χ3n) is 5.46. The van der Waals surface area contributed by atoms with E-state index in [4.69, 9.17) is 46.4 Å². The summed E-state index contributed by atoms with van der Waals surface area (Å²) in [5, 5.41) is 6.22. The highest BCUT2D eigenvalue weighted by Crippen LogP contribution is 2.36. The van der Waals surface area contributed by atoms with Gasteiger partial charge in [0.1, 0.15) is 0 Å². The number of aromatic nitrogens is 1. The lowest BCUT2D eigenvalue weighted by atomic mass is 9.88. The second kappa shape index (κ2) is 10.2. The monoisotopic (exact) mass is 504 g/mol. The molecule has 0 saturated heterocycles. The van der Waals surface area contributed by atoms with Gasteiger partial charge in [-0.1, -0.05) is 76.7 Å². The summed E-state index contributed by atoms with van der Waals surface area (Å²) in [6.07, 6.45) is 2.85. The highest BCUT2D eigenvalue weighted by atomic mass is 35.5. The molecule has 0 spiro atoms. The van der Waals surface area contributed by atoms with Crippen LogP contribution in [0, 0.1) is 0 Å². The number of carbonyl (C=O) groups excluding carboxylic acids is 1. The zero-order chi connectivity index (χ0) is 22.7. The van der Waals surface area contributed by atoms with E-state index in [9.17, 15) is 4.79 Å². The van der Waals surface area contributed by atoms with Gasteiger partial charge in [0.25, 0.3) is 0 Å². The number of rotatable bonds is 7. The Morgan fingerprint density at radius 2 is 1.72 bits per heavy atom. The molecule has 2 N–H and O–H groups in total. The van der Waals surface area contributed by atoms with Gasteiger partial charge in [0.05, 0.1) is 10.0 Å². The van der Waals surface area contributed by atoms with E-state index < -0.39 is 0 Å². The van der Waals surface area contributed by atoms with Crippen LogP contribution in [0.3, 0.4) is 0 Å². The molecular formula is C25H20Cl4N2O. The molecule has 1 atom stereocenters. The van der Waals surface area contributed by atoms with Crippen molar-refractivity contribution in [2.45, 2.75) is 18.8 Å². The minimum atomic E-state index is -0.181. The van der Waals surface area contributed by atoms with E-state index in [2.05, 4.69) is 10.3 Å². The van der Waals surface area contributed by atoms with Gasteiger partial charge in [0.2, 0.25) is 5.91 Å². The molecule has 0 aliphatic rings. The molecular weight excluding hydrogens is 486 g/mol. The standard InChI is InChI=1S/C25H20Cl4N2O/c26-17-7-5-15(22(28)12-17)9-10-30-25(32)13-19(16-6-8-21(27)23(29)11-16)20-14-31-24-4-2-1-3-18(20)24/h1-8,11-12,14,19,31H,9-10,13H2,(H,30,32). The number of halogens is 4. The van der Waals surface area contributed by atoms with Crippen LogP contribution >= 0.6 is 46.4 Å². The van der Waals surface area contributed by atoms with E-state index in [-0.39, 0.29) is 18.2 Å². The third-order valence-corrected chi connectivity index (χ3v) is 6.79. The molecule has 0 aliphatic carbocycles. The maximum absolute atomic E-state index is 12.9. The van der Waals surface area contributed by atoms with Gasteiger partial charge in [-0.15, -0.1) is 0 Å². The predicted molar refractivity (Wildman–Crippen MR) is 134 cm³/mol. The lowest BCUT2D eigenvalue weighted by molar-refractivity contribution is -0.121. The average Bonchev–Trinajstić information content (AvgIpc) is 3.19. The molecule has 0 radical (unpaired) electrons. The van der Waals surface area contributed by atoms with Crippen molar-refractivity contribution in [3.8, 4) is 0 Å². The molecule has 3 nitrogen and oxygen atoms in total. The summed E-state index contributed by atoms with van der Waals surface area (Å²) in [6.45, 7) is 0.474. The summed E-state index contributed by atoms with van der Waals surface area (Å²) in [7, 11) is 0. The van der Waals surface area contributed by atoms with E-state index in [0.29, 0.717) is 33.1 Å². The lowest BCUT2D eigenvalue weighted by Crippen LogP contribution is -2.27. The molecule has 0 saturated carbocycles. The lowest BCUT2D eigenvalue weighted by Gasteiger charge is -2.18. The Morgan fingerprint density at radius 3 is 2.50 bits per heavy atom. The smallest absolute Gasteiger partial charge is 0.220 e. The zero-order valence-corrected chi connectivity index (χ0v) is 20.0. The summed E-state index contributed by atoms with van der Waals surface area (Å²) in [4.78, 5) is 16.2. The highest BCUT2D eigenvalue weighted by molar-refractivity contribution is 6.42. The van der Waals surface area contributed by atoms with Gasteiger partial charge in [-0.2, -0.15) is 0 Å². The quantitative estimate of drug-likeness (QED) is 0.266. The van der Waals surface area contributed by atoms with E-state index in [0.717, 1.165) is 27.6 Å². The zero-order valence-electron chi connectivity index (χ0n) is 17.0. The Kier molecular flexibility index (Phi) is 7.32. The van der Waals surface area contributed by atoms with Gasteiger partial charge in [0.15, 0.2) is 0 Å². The van der Waals surface area contributed by atoms with Crippen molar-refractivity contribution in [3.05, 3.63) is 104 Å². The average molecular weight is 506 g/mol. The molecule has 1 aromatic heterocycles. The fraction of sp³-hybridized carbons (Fsp3) is 0.160. The first-order chi connectivity index (χ1) is 15.4. The predicted octanol–water partition coefficient (Wildman–Crippen LogP) is 7.66. The molecule has 0 aliphatic heterocycles. The van der Waals surface area contributed by atoms with E-state index in [1.807, 2.05) is 48.7 Å². The first-order valence-electron chi connectivity index (χ1n) is 10.1. The summed E-state index contributed by atoms with van der Waals surface area (Å²) >= 11 is 24.6. The largest absolute Gasteiger partial charge is 0.361 e. The van der Waals surface area contributed by atoms with Gasteiger partial charge >= 0.3 is 0 Å². The van der Waals surface area contributed by atoms with Crippen molar-refractivity contribution < 1.29 is 4.79 Å². The highest BCUT2D eigenvalue weighted by Gasteiger charge is 2.22. The van der Waals surface area contributed by atoms with E-state index >= 15 is 0 Å². The first-order valence-corrected chi connectivity index (χ1v) is 11.6. The van der Waals surface area contributed by atoms with Crippen molar-refractivity contribution >= 4 is 63.2 Å². The van der Waals surface area contributed by atoms with Crippen LogP contribution in [0.5, 0.6) is 0 Å². The van der Waals surface area contributed by atoms with Crippen molar-refractivity contribution in [1.82, 2.24) is 10.3 Å². The van der Waals surface area contributed by atoms with Crippen LogP contribution in [-0.4, -0.2) is 17.4 Å². The Bertz CT molecular complexity index is 1270. The first kappa shape index (κ1) is 23.0. The number of aromatic amines is 1. The summed E-state index contributed by atoms with van der Waals surface area (Å²) in [6, 6.07) is 18.9. The molecule has 32 heavy (non-hydrogen) atoms. The molecule has 4 rings (SSSR count). The number of carbonyl (C=O) groups is 1. The normalized spacial score (nSPS) is 12.1. The molecule has 1 amide bonds. The molecule has 0 bridgehead atoms. The Morgan fingerprint density at radius 1 is 0.906 bits per heavy atom. The molecule has 1 unspecified atom stereocenters. The molecule has 164 valence electrons. The maximum Gasteiger partial charge on any atom is 0.220 e. The molecule has 7 heteroatoms. The summed E-state index contributed by atoms with van der Waals surface area (Å²) in [5.74, 6) is -0.239. The van der Waals surface area contributed by atoms with Gasteiger partial charge in [0, 0.05) is 46.0 Å². The Labute approximate surface area is 206 Å². The van der Waals surface area contributed by atoms with Crippen LogP contribution in [0.4, 0.5) is 0 Å². The topological polar surface area (TPSA) is 44.9 Å². The third kappa shape index (κ3) is 5.24. The second-order valence-corrected chi connectivity index (χ2v) is 9.21. The number of H-pyrrole nitrogens is 1. The second-order valence-electron chi connectivity index (χ2n) is 7.56. The summed E-state index contributed by atoms with van der Waals surface area (Å²) in [5.41, 5.74) is 3.93. The molecule has 4 aromatic rings. The van der Waals surface area contributed by atoms with Crippen molar-refractivity contribution in [3.63, 3.8) is 0 Å². The fourth-order valence-electron chi connectivity index (χ4n) is 3.84. The van der Waals surface area contributed by atoms with Gasteiger partial charge in [-0.05, 0) is 53.4 Å². The minimum Gasteiger partial charge on any atom is -0.361 e. The van der Waals surface area contributed by atoms with Gasteiger partial charge < -0.3 is 10.3 Å². The fourth-order valence-corrected chi connectivity index (χ4v) is 4.65. The SMILES string of the molecule is O=C(CC(c1ccc(Cl)c(Cl)c1)c1c[nH]c2ccccc12)NCCc1ccc(Cl)cc1Cl. The number of fused-ring (bicyclic) bond motifs is 1. The van der Waals surface area contributed by atoms with Crippen LogP contribution in [0.25, 0.3) is 10.9 Å². The van der Waals surface area contributed by atoms with E-state index in [1.54, 1.807) is 18.2 Å². The number of hydrogen-bond acceptors (Lipinski definition) is 1. The molecule has 0 fully saturated rings. The van der Waals surface area contributed by atoms with Crippen molar-refractivity contribution in [2.75, 3.05) is 6.54 Å². The van der Waals surface area contributed by atoms with Crippen LogP contribution in [-0.2, 0) is 11.2 Å². The summed E-state index contributed by atoms with van der Waals surface area (Å²) < 4.78 is 0. The van der Waals surface area contributed by atoms with E-state index in [1.165, 1.54) is 0 Å². The van der Waals surface area contributed by atoms with Gasteiger partial charge in [-0.3, -0.25) is 4.79 Å². The van der Waals surface area contributed by atoms with Crippen molar-refractivity contribution in [1.29, 1.82) is 0 Å². The van der Waals surface area contributed by atoms with Crippen LogP contribution < -0.4 is 5.32 Å².